The average Bonchev–Trinajstić information content (AvgIpc) is 2.38. The Labute approximate surface area is 107 Å². The molecule has 7 heteroatoms. The number of rotatable bonds is 7. The van der Waals surface area contributed by atoms with Crippen LogP contribution in [0.4, 0.5) is 0 Å². The summed E-state index contributed by atoms with van der Waals surface area (Å²) in [4.78, 5) is 0.0699. The number of methoxy groups -OCH3 is 2. The fourth-order valence-corrected chi connectivity index (χ4v) is 2.60. The summed E-state index contributed by atoms with van der Waals surface area (Å²) in [5.41, 5.74) is 0. The largest absolute Gasteiger partial charge is 0.497 e. The van der Waals surface area contributed by atoms with Gasteiger partial charge < -0.3 is 14.8 Å². The second-order valence-electron chi connectivity index (χ2n) is 3.52. The van der Waals surface area contributed by atoms with Crippen LogP contribution in [0.15, 0.2) is 23.1 Å². The van der Waals surface area contributed by atoms with Crippen LogP contribution in [0.1, 0.15) is 0 Å². The summed E-state index contributed by atoms with van der Waals surface area (Å²) in [7, 11) is 1.05. The van der Waals surface area contributed by atoms with Crippen molar-refractivity contribution in [3.63, 3.8) is 0 Å². The second kappa shape index (κ2) is 6.58. The van der Waals surface area contributed by atoms with E-state index < -0.39 is 10.0 Å². The van der Waals surface area contributed by atoms with Crippen LogP contribution in [-0.2, 0) is 10.0 Å². The predicted molar refractivity (Wildman–Crippen MR) is 68.7 cm³/mol. The third-order valence-corrected chi connectivity index (χ3v) is 3.81. The first-order valence-corrected chi connectivity index (χ1v) is 6.89. The molecule has 0 saturated carbocycles. The molecular weight excluding hydrogens is 256 g/mol. The number of hydrogen-bond donors (Lipinski definition) is 2. The zero-order valence-electron chi connectivity index (χ0n) is 10.7. The Morgan fingerprint density at radius 3 is 2.44 bits per heavy atom. The summed E-state index contributed by atoms with van der Waals surface area (Å²) in [6.45, 7) is 0.852. The molecule has 18 heavy (non-hydrogen) atoms. The Morgan fingerprint density at radius 2 is 1.89 bits per heavy atom. The number of ether oxygens (including phenoxy) is 2. The third-order valence-electron chi connectivity index (χ3n) is 2.33. The van der Waals surface area contributed by atoms with E-state index in [2.05, 4.69) is 10.0 Å². The highest BCUT2D eigenvalue weighted by atomic mass is 32.2. The normalized spacial score (nSPS) is 11.3. The van der Waals surface area contributed by atoms with Gasteiger partial charge in [0, 0.05) is 19.2 Å². The molecule has 2 N–H and O–H groups in total. The van der Waals surface area contributed by atoms with Gasteiger partial charge in [0.15, 0.2) is 0 Å². The highest BCUT2D eigenvalue weighted by Crippen LogP contribution is 2.27. The van der Waals surface area contributed by atoms with Crippen LogP contribution in [0.3, 0.4) is 0 Å². The van der Waals surface area contributed by atoms with Gasteiger partial charge in [0.1, 0.15) is 16.4 Å². The summed E-state index contributed by atoms with van der Waals surface area (Å²) in [5.74, 6) is 0.748. The number of sulfonamides is 1. The van der Waals surface area contributed by atoms with Gasteiger partial charge in [-0.25, -0.2) is 13.1 Å². The Morgan fingerprint density at radius 1 is 1.17 bits per heavy atom. The highest BCUT2D eigenvalue weighted by molar-refractivity contribution is 7.89. The lowest BCUT2D eigenvalue weighted by atomic mass is 10.3. The van der Waals surface area contributed by atoms with Crippen LogP contribution >= 0.6 is 0 Å². The summed E-state index contributed by atoms with van der Waals surface area (Å²) in [5, 5.41) is 2.86. The van der Waals surface area contributed by atoms with Crippen molar-refractivity contribution in [3.8, 4) is 11.5 Å². The van der Waals surface area contributed by atoms with Crippen LogP contribution in [0, 0.1) is 0 Å². The minimum absolute atomic E-state index is 0.0699. The first-order chi connectivity index (χ1) is 8.55. The quantitative estimate of drug-likeness (QED) is 0.695. The van der Waals surface area contributed by atoms with Crippen LogP contribution in [0.2, 0.25) is 0 Å². The average molecular weight is 274 g/mol. The molecule has 6 nitrogen and oxygen atoms in total. The number of nitrogens with one attached hydrogen (secondary N) is 2. The summed E-state index contributed by atoms with van der Waals surface area (Å²) < 4.78 is 36.7. The van der Waals surface area contributed by atoms with Crippen LogP contribution in [0.25, 0.3) is 0 Å². The van der Waals surface area contributed by atoms with E-state index in [0.717, 1.165) is 0 Å². The van der Waals surface area contributed by atoms with Crippen molar-refractivity contribution in [2.45, 2.75) is 4.90 Å². The monoisotopic (exact) mass is 274 g/mol. The molecular formula is C11H18N2O4S. The van der Waals surface area contributed by atoms with E-state index in [9.17, 15) is 8.42 Å². The lowest BCUT2D eigenvalue weighted by Crippen LogP contribution is -2.30. The van der Waals surface area contributed by atoms with Crippen molar-refractivity contribution in [3.05, 3.63) is 18.2 Å². The topological polar surface area (TPSA) is 76.7 Å². The first-order valence-electron chi connectivity index (χ1n) is 5.41. The Balaban J connectivity index is 3.05. The molecule has 0 bridgehead atoms. The van der Waals surface area contributed by atoms with Gasteiger partial charge in [-0.15, -0.1) is 0 Å². The highest BCUT2D eigenvalue weighted by Gasteiger charge is 2.19. The van der Waals surface area contributed by atoms with E-state index in [1.54, 1.807) is 19.2 Å². The third kappa shape index (κ3) is 3.59. The molecule has 0 aliphatic heterocycles. The molecule has 0 fully saturated rings. The zero-order valence-corrected chi connectivity index (χ0v) is 11.5. The van der Waals surface area contributed by atoms with E-state index in [1.165, 1.54) is 20.3 Å². The molecule has 0 saturated heterocycles. The lowest BCUT2D eigenvalue weighted by Gasteiger charge is -2.11. The van der Waals surface area contributed by atoms with Gasteiger partial charge in [-0.3, -0.25) is 0 Å². The SMILES string of the molecule is CNCCNS(=O)(=O)c1cc(OC)ccc1OC. The van der Waals surface area contributed by atoms with Gasteiger partial charge in [0.2, 0.25) is 10.0 Å². The van der Waals surface area contributed by atoms with E-state index in [1.807, 2.05) is 0 Å². The van der Waals surface area contributed by atoms with Crippen LogP contribution < -0.4 is 19.5 Å². The standard InChI is InChI=1S/C11H18N2O4S/c1-12-6-7-13-18(14,15)11-8-9(16-2)4-5-10(11)17-3/h4-5,8,12-13H,6-7H2,1-3H3. The number of hydrogen-bond acceptors (Lipinski definition) is 5. The molecule has 0 heterocycles. The zero-order chi connectivity index (χ0) is 13.6. The van der Waals surface area contributed by atoms with Crippen molar-refractivity contribution in [1.29, 1.82) is 0 Å². The molecule has 0 atom stereocenters. The molecule has 1 aromatic carbocycles. The molecule has 0 radical (unpaired) electrons. The van der Waals surface area contributed by atoms with Gasteiger partial charge in [0.05, 0.1) is 14.2 Å². The maximum atomic E-state index is 12.1. The fraction of sp³-hybridized carbons (Fsp3) is 0.455. The predicted octanol–water partition coefficient (Wildman–Crippen LogP) is 0.202. The summed E-state index contributed by atoms with van der Waals surface area (Å²) in [6.07, 6.45) is 0. The van der Waals surface area contributed by atoms with Crippen molar-refractivity contribution in [2.75, 3.05) is 34.4 Å². The maximum Gasteiger partial charge on any atom is 0.244 e. The number of likely N-dealkylation sites (N-methyl/N-ethyl adjacent to an activating group) is 1. The maximum absolute atomic E-state index is 12.1. The second-order valence-corrected chi connectivity index (χ2v) is 5.25. The van der Waals surface area contributed by atoms with Crippen molar-refractivity contribution in [1.82, 2.24) is 10.0 Å². The van der Waals surface area contributed by atoms with Crippen molar-refractivity contribution < 1.29 is 17.9 Å². The van der Waals surface area contributed by atoms with Crippen LogP contribution in [0.5, 0.6) is 11.5 Å². The lowest BCUT2D eigenvalue weighted by molar-refractivity contribution is 0.392. The van der Waals surface area contributed by atoms with E-state index >= 15 is 0 Å². The smallest absolute Gasteiger partial charge is 0.244 e. The Bertz CT molecular complexity index is 488. The van der Waals surface area contributed by atoms with E-state index in [-0.39, 0.29) is 10.6 Å². The minimum Gasteiger partial charge on any atom is -0.497 e. The Hall–Kier alpha value is -1.31. The van der Waals surface area contributed by atoms with E-state index in [4.69, 9.17) is 9.47 Å². The molecule has 0 unspecified atom stereocenters. The van der Waals surface area contributed by atoms with Gasteiger partial charge in [-0.2, -0.15) is 0 Å². The van der Waals surface area contributed by atoms with Gasteiger partial charge in [-0.05, 0) is 19.2 Å². The van der Waals surface area contributed by atoms with Gasteiger partial charge in [0.25, 0.3) is 0 Å². The number of benzene rings is 1. The summed E-state index contributed by atoms with van der Waals surface area (Å²) >= 11 is 0. The molecule has 1 rings (SSSR count). The van der Waals surface area contributed by atoms with E-state index in [0.29, 0.717) is 18.8 Å². The van der Waals surface area contributed by atoms with Gasteiger partial charge >= 0.3 is 0 Å². The first kappa shape index (κ1) is 14.7. The minimum atomic E-state index is -3.60. The molecule has 0 spiro atoms. The van der Waals surface area contributed by atoms with Crippen molar-refractivity contribution in [2.24, 2.45) is 0 Å². The van der Waals surface area contributed by atoms with Crippen LogP contribution in [-0.4, -0.2) is 42.8 Å². The molecule has 0 aromatic heterocycles. The Kier molecular flexibility index (Phi) is 5.39. The fourth-order valence-electron chi connectivity index (χ4n) is 1.38. The molecule has 0 aliphatic rings. The molecule has 0 amide bonds. The molecule has 1 aromatic rings. The van der Waals surface area contributed by atoms with Crippen molar-refractivity contribution >= 4 is 10.0 Å². The molecule has 102 valence electrons. The van der Waals surface area contributed by atoms with Gasteiger partial charge in [-0.1, -0.05) is 0 Å². The summed E-state index contributed by atoms with van der Waals surface area (Å²) in [6, 6.07) is 4.64. The molecule has 0 aliphatic carbocycles.